The summed E-state index contributed by atoms with van der Waals surface area (Å²) in [6, 6.07) is 9.04. The molecule has 0 saturated heterocycles. The van der Waals surface area contributed by atoms with Crippen molar-refractivity contribution in [2.75, 3.05) is 13.6 Å². The number of carboxylic acid groups (broad SMARTS) is 1. The lowest BCUT2D eigenvalue weighted by Crippen LogP contribution is -2.40. The Morgan fingerprint density at radius 3 is 2.78 bits per heavy atom. The molecule has 98 valence electrons. The van der Waals surface area contributed by atoms with Crippen LogP contribution in [0.2, 0.25) is 0 Å². The summed E-state index contributed by atoms with van der Waals surface area (Å²) >= 11 is 0. The molecule has 1 N–H and O–H groups in total. The Labute approximate surface area is 108 Å². The maximum absolute atomic E-state index is 10.9. The first-order valence-electron chi connectivity index (χ1n) is 6.57. The van der Waals surface area contributed by atoms with Crippen LogP contribution in [0.15, 0.2) is 24.3 Å². The Kier molecular flexibility index (Phi) is 4.02. The standard InChI is InChI=1S/C15H21NO2/c1-11(15(17)18)10-16(2)14-8-7-12-5-3-4-6-13(12)9-14/h3-6,11,14H,7-10H2,1-2H3,(H,17,18). The third-order valence-corrected chi connectivity index (χ3v) is 3.93. The van der Waals surface area contributed by atoms with Crippen LogP contribution in [0.4, 0.5) is 0 Å². The molecule has 0 fully saturated rings. The van der Waals surface area contributed by atoms with E-state index in [1.54, 1.807) is 6.92 Å². The topological polar surface area (TPSA) is 40.5 Å². The first-order chi connectivity index (χ1) is 8.58. The summed E-state index contributed by atoms with van der Waals surface area (Å²) in [5.74, 6) is -1.01. The number of aliphatic carboxylic acids is 1. The van der Waals surface area contributed by atoms with Crippen molar-refractivity contribution in [2.45, 2.75) is 32.2 Å². The first kappa shape index (κ1) is 13.1. The van der Waals surface area contributed by atoms with Gasteiger partial charge in [0.2, 0.25) is 0 Å². The van der Waals surface area contributed by atoms with Gasteiger partial charge in [0.05, 0.1) is 5.92 Å². The monoisotopic (exact) mass is 247 g/mol. The minimum absolute atomic E-state index is 0.299. The molecular weight excluding hydrogens is 226 g/mol. The van der Waals surface area contributed by atoms with E-state index in [1.807, 2.05) is 7.05 Å². The maximum atomic E-state index is 10.9. The highest BCUT2D eigenvalue weighted by Gasteiger charge is 2.24. The summed E-state index contributed by atoms with van der Waals surface area (Å²) in [4.78, 5) is 13.1. The van der Waals surface area contributed by atoms with Crippen molar-refractivity contribution in [3.05, 3.63) is 35.4 Å². The number of hydrogen-bond acceptors (Lipinski definition) is 2. The molecule has 0 heterocycles. The van der Waals surface area contributed by atoms with Gasteiger partial charge in [-0.2, -0.15) is 0 Å². The van der Waals surface area contributed by atoms with Gasteiger partial charge >= 0.3 is 5.97 Å². The normalized spacial score (nSPS) is 20.5. The molecule has 0 radical (unpaired) electrons. The molecule has 0 aromatic heterocycles. The Hall–Kier alpha value is -1.35. The van der Waals surface area contributed by atoms with E-state index < -0.39 is 5.97 Å². The minimum atomic E-state index is -0.710. The van der Waals surface area contributed by atoms with E-state index in [0.29, 0.717) is 12.6 Å². The summed E-state index contributed by atoms with van der Waals surface area (Å²) in [6.45, 7) is 2.40. The van der Waals surface area contributed by atoms with Gasteiger partial charge in [0.25, 0.3) is 0 Å². The van der Waals surface area contributed by atoms with E-state index in [2.05, 4.69) is 29.2 Å². The molecule has 18 heavy (non-hydrogen) atoms. The first-order valence-corrected chi connectivity index (χ1v) is 6.57. The molecule has 0 amide bonds. The highest BCUT2D eigenvalue weighted by molar-refractivity contribution is 5.69. The highest BCUT2D eigenvalue weighted by atomic mass is 16.4. The van der Waals surface area contributed by atoms with Crippen molar-refractivity contribution in [1.29, 1.82) is 0 Å². The zero-order chi connectivity index (χ0) is 13.1. The van der Waals surface area contributed by atoms with Gasteiger partial charge < -0.3 is 10.0 Å². The van der Waals surface area contributed by atoms with Gasteiger partial charge in [-0.3, -0.25) is 4.79 Å². The minimum Gasteiger partial charge on any atom is -0.481 e. The summed E-state index contributed by atoms with van der Waals surface area (Å²) in [7, 11) is 2.04. The SMILES string of the molecule is CC(CN(C)C1CCc2ccccc2C1)C(=O)O. The number of hydrogen-bond donors (Lipinski definition) is 1. The van der Waals surface area contributed by atoms with Gasteiger partial charge in [-0.15, -0.1) is 0 Å². The fourth-order valence-electron chi connectivity index (χ4n) is 2.71. The Morgan fingerprint density at radius 2 is 2.11 bits per heavy atom. The second-order valence-electron chi connectivity index (χ2n) is 5.34. The Morgan fingerprint density at radius 1 is 1.44 bits per heavy atom. The van der Waals surface area contributed by atoms with E-state index >= 15 is 0 Å². The number of benzene rings is 1. The molecule has 2 atom stereocenters. The van der Waals surface area contributed by atoms with Crippen LogP contribution in [0.3, 0.4) is 0 Å². The van der Waals surface area contributed by atoms with Crippen LogP contribution in [0.25, 0.3) is 0 Å². The number of likely N-dealkylation sites (N-methyl/N-ethyl adjacent to an activating group) is 1. The van der Waals surface area contributed by atoms with E-state index in [9.17, 15) is 4.79 Å². The van der Waals surface area contributed by atoms with Gasteiger partial charge in [0.15, 0.2) is 0 Å². The van der Waals surface area contributed by atoms with Crippen molar-refractivity contribution in [3.8, 4) is 0 Å². The zero-order valence-electron chi connectivity index (χ0n) is 11.1. The lowest BCUT2D eigenvalue weighted by atomic mass is 9.87. The third kappa shape index (κ3) is 2.91. The van der Waals surface area contributed by atoms with Crippen molar-refractivity contribution in [1.82, 2.24) is 4.90 Å². The van der Waals surface area contributed by atoms with Crippen LogP contribution in [0.1, 0.15) is 24.5 Å². The van der Waals surface area contributed by atoms with Crippen LogP contribution < -0.4 is 0 Å². The molecule has 0 saturated carbocycles. The summed E-state index contributed by atoms with van der Waals surface area (Å²) in [5, 5.41) is 8.96. The molecule has 1 aromatic rings. The molecule has 0 bridgehead atoms. The van der Waals surface area contributed by atoms with Gasteiger partial charge in [-0.05, 0) is 37.4 Å². The zero-order valence-corrected chi connectivity index (χ0v) is 11.1. The lowest BCUT2D eigenvalue weighted by molar-refractivity contribution is -0.141. The van der Waals surface area contributed by atoms with Crippen LogP contribution in [0.5, 0.6) is 0 Å². The average molecular weight is 247 g/mol. The largest absolute Gasteiger partial charge is 0.481 e. The Balaban J connectivity index is 1.98. The molecule has 0 aliphatic heterocycles. The van der Waals surface area contributed by atoms with E-state index in [4.69, 9.17) is 5.11 Å². The molecule has 1 aliphatic rings. The number of nitrogens with zero attached hydrogens (tertiary/aromatic N) is 1. The van der Waals surface area contributed by atoms with Crippen molar-refractivity contribution < 1.29 is 9.90 Å². The van der Waals surface area contributed by atoms with Crippen molar-refractivity contribution in [3.63, 3.8) is 0 Å². The smallest absolute Gasteiger partial charge is 0.307 e. The van der Waals surface area contributed by atoms with Crippen LogP contribution >= 0.6 is 0 Å². The van der Waals surface area contributed by atoms with Crippen molar-refractivity contribution >= 4 is 5.97 Å². The van der Waals surface area contributed by atoms with Crippen LogP contribution in [0, 0.1) is 5.92 Å². The average Bonchev–Trinajstić information content (AvgIpc) is 2.37. The number of carboxylic acids is 1. The van der Waals surface area contributed by atoms with Crippen molar-refractivity contribution in [2.24, 2.45) is 5.92 Å². The molecule has 0 spiro atoms. The molecule has 2 rings (SSSR count). The predicted molar refractivity (Wildman–Crippen MR) is 71.7 cm³/mol. The third-order valence-electron chi connectivity index (χ3n) is 3.93. The summed E-state index contributed by atoms with van der Waals surface area (Å²) in [6.07, 6.45) is 3.27. The molecule has 1 aliphatic carbocycles. The van der Waals surface area contributed by atoms with Gasteiger partial charge in [-0.25, -0.2) is 0 Å². The number of fused-ring (bicyclic) bond motifs is 1. The van der Waals surface area contributed by atoms with Crippen LogP contribution in [-0.4, -0.2) is 35.6 Å². The summed E-state index contributed by atoms with van der Waals surface area (Å²) in [5.41, 5.74) is 2.87. The molecule has 2 unspecified atom stereocenters. The Bertz CT molecular complexity index is 430. The molecular formula is C15H21NO2. The highest BCUT2D eigenvalue weighted by Crippen LogP contribution is 2.24. The van der Waals surface area contributed by atoms with Crippen LogP contribution in [-0.2, 0) is 17.6 Å². The van der Waals surface area contributed by atoms with E-state index in [1.165, 1.54) is 11.1 Å². The quantitative estimate of drug-likeness (QED) is 0.886. The second-order valence-corrected chi connectivity index (χ2v) is 5.34. The number of carbonyl (C=O) groups is 1. The van der Waals surface area contributed by atoms with Gasteiger partial charge in [-0.1, -0.05) is 31.2 Å². The predicted octanol–water partition coefficient (Wildman–Crippen LogP) is 2.20. The lowest BCUT2D eigenvalue weighted by Gasteiger charge is -2.33. The molecule has 3 nitrogen and oxygen atoms in total. The fourth-order valence-corrected chi connectivity index (χ4v) is 2.71. The maximum Gasteiger partial charge on any atom is 0.307 e. The summed E-state index contributed by atoms with van der Waals surface area (Å²) < 4.78 is 0. The molecule has 1 aromatic carbocycles. The second kappa shape index (κ2) is 5.53. The fraction of sp³-hybridized carbons (Fsp3) is 0.533. The number of aryl methyl sites for hydroxylation is 1. The van der Waals surface area contributed by atoms with Gasteiger partial charge in [0.1, 0.15) is 0 Å². The number of rotatable bonds is 4. The van der Waals surface area contributed by atoms with Gasteiger partial charge in [0, 0.05) is 12.6 Å². The molecule has 3 heteroatoms. The van der Waals surface area contributed by atoms with E-state index in [-0.39, 0.29) is 5.92 Å². The van der Waals surface area contributed by atoms with E-state index in [0.717, 1.165) is 19.3 Å².